The first kappa shape index (κ1) is 13.8. The highest BCUT2D eigenvalue weighted by atomic mass is 15.0. The van der Waals surface area contributed by atoms with Gasteiger partial charge in [0.05, 0.1) is 6.33 Å². The minimum absolute atomic E-state index is 0.597. The van der Waals surface area contributed by atoms with Crippen LogP contribution in [0.5, 0.6) is 0 Å². The van der Waals surface area contributed by atoms with Gasteiger partial charge in [-0.3, -0.25) is 0 Å². The van der Waals surface area contributed by atoms with Crippen LogP contribution >= 0.6 is 0 Å². The summed E-state index contributed by atoms with van der Waals surface area (Å²) in [6, 6.07) is 6.50. The first-order chi connectivity index (χ1) is 9.16. The van der Waals surface area contributed by atoms with Crippen molar-refractivity contribution in [3.05, 3.63) is 53.6 Å². The Bertz CT molecular complexity index is 503. The largest absolute Gasteiger partial charge is 0.337 e. The molecular formula is C16H23N3. The third-order valence-electron chi connectivity index (χ3n) is 3.61. The molecule has 1 heterocycles. The summed E-state index contributed by atoms with van der Waals surface area (Å²) in [6.45, 7) is 9.60. The second-order valence-electron chi connectivity index (χ2n) is 5.35. The van der Waals surface area contributed by atoms with E-state index in [1.54, 1.807) is 0 Å². The Balaban J connectivity index is 1.78. The molecule has 0 bridgehead atoms. The molecule has 0 fully saturated rings. The van der Waals surface area contributed by atoms with Crippen LogP contribution in [0.3, 0.4) is 0 Å². The number of nitrogens with one attached hydrogen (secondary N) is 1. The van der Waals surface area contributed by atoms with Crippen LogP contribution in [-0.4, -0.2) is 16.1 Å². The summed E-state index contributed by atoms with van der Waals surface area (Å²) in [6.07, 6.45) is 5.72. The third-order valence-corrected chi connectivity index (χ3v) is 3.61. The van der Waals surface area contributed by atoms with Crippen LogP contribution in [-0.2, 0) is 13.1 Å². The number of imidazole rings is 1. The van der Waals surface area contributed by atoms with Crippen molar-refractivity contribution in [1.29, 1.82) is 0 Å². The van der Waals surface area contributed by atoms with Crippen molar-refractivity contribution < 1.29 is 0 Å². The maximum atomic E-state index is 4.07. The van der Waals surface area contributed by atoms with Gasteiger partial charge in [0, 0.05) is 25.5 Å². The lowest BCUT2D eigenvalue weighted by atomic mass is 10.0. The van der Waals surface area contributed by atoms with E-state index in [2.05, 4.69) is 53.8 Å². The van der Waals surface area contributed by atoms with Gasteiger partial charge in [0.15, 0.2) is 0 Å². The summed E-state index contributed by atoms with van der Waals surface area (Å²) in [7, 11) is 0. The molecule has 2 aromatic rings. The van der Waals surface area contributed by atoms with Gasteiger partial charge in [-0.15, -0.1) is 0 Å². The van der Waals surface area contributed by atoms with Crippen molar-refractivity contribution in [2.45, 2.75) is 33.9 Å². The lowest BCUT2D eigenvalue weighted by Crippen LogP contribution is -2.24. The Morgan fingerprint density at radius 3 is 2.89 bits per heavy atom. The average molecular weight is 257 g/mol. The molecule has 0 aliphatic rings. The summed E-state index contributed by atoms with van der Waals surface area (Å²) in [5, 5.41) is 3.55. The molecular weight excluding hydrogens is 234 g/mol. The molecule has 19 heavy (non-hydrogen) atoms. The highest BCUT2D eigenvalue weighted by Gasteiger charge is 2.04. The third kappa shape index (κ3) is 3.93. The second kappa shape index (κ2) is 6.53. The number of benzene rings is 1. The first-order valence-corrected chi connectivity index (χ1v) is 6.88. The fourth-order valence-electron chi connectivity index (χ4n) is 2.28. The van der Waals surface area contributed by atoms with Gasteiger partial charge in [0.25, 0.3) is 0 Å². The summed E-state index contributed by atoms with van der Waals surface area (Å²) < 4.78 is 2.13. The lowest BCUT2D eigenvalue weighted by Gasteiger charge is -2.14. The van der Waals surface area contributed by atoms with Crippen molar-refractivity contribution in [2.24, 2.45) is 5.92 Å². The van der Waals surface area contributed by atoms with Crippen molar-refractivity contribution >= 4 is 0 Å². The van der Waals surface area contributed by atoms with E-state index >= 15 is 0 Å². The van der Waals surface area contributed by atoms with Crippen molar-refractivity contribution in [1.82, 2.24) is 14.9 Å². The van der Waals surface area contributed by atoms with Gasteiger partial charge in [-0.25, -0.2) is 4.98 Å². The molecule has 1 aromatic carbocycles. The van der Waals surface area contributed by atoms with Gasteiger partial charge in [-0.05, 0) is 43.0 Å². The zero-order valence-corrected chi connectivity index (χ0v) is 12.1. The van der Waals surface area contributed by atoms with Gasteiger partial charge < -0.3 is 9.88 Å². The molecule has 2 rings (SSSR count). The minimum Gasteiger partial charge on any atom is -0.337 e. The highest BCUT2D eigenvalue weighted by Crippen LogP contribution is 2.12. The Morgan fingerprint density at radius 1 is 1.32 bits per heavy atom. The minimum atomic E-state index is 0.597. The first-order valence-electron chi connectivity index (χ1n) is 6.88. The molecule has 1 N–H and O–H groups in total. The van der Waals surface area contributed by atoms with Gasteiger partial charge in [-0.2, -0.15) is 0 Å². The molecule has 102 valence electrons. The zero-order chi connectivity index (χ0) is 13.7. The Morgan fingerprint density at radius 2 is 2.16 bits per heavy atom. The maximum absolute atomic E-state index is 4.07. The highest BCUT2D eigenvalue weighted by molar-refractivity contribution is 5.32. The SMILES string of the molecule is Cc1cccc(CNCC(C)Cn2ccnc2)c1C. The lowest BCUT2D eigenvalue weighted by molar-refractivity contribution is 0.444. The molecule has 0 aliphatic heterocycles. The molecule has 3 nitrogen and oxygen atoms in total. The number of nitrogens with zero attached hydrogens (tertiary/aromatic N) is 2. The molecule has 3 heteroatoms. The van der Waals surface area contributed by atoms with Crippen LogP contribution in [0.1, 0.15) is 23.6 Å². The fourth-order valence-corrected chi connectivity index (χ4v) is 2.28. The second-order valence-corrected chi connectivity index (χ2v) is 5.35. The topological polar surface area (TPSA) is 29.9 Å². The maximum Gasteiger partial charge on any atom is 0.0946 e. The summed E-state index contributed by atoms with van der Waals surface area (Å²) in [5.41, 5.74) is 4.16. The molecule has 0 saturated heterocycles. The van der Waals surface area contributed by atoms with Gasteiger partial charge >= 0.3 is 0 Å². The molecule has 0 aliphatic carbocycles. The quantitative estimate of drug-likeness (QED) is 0.862. The van der Waals surface area contributed by atoms with Crippen LogP contribution in [0.25, 0.3) is 0 Å². The van der Waals surface area contributed by atoms with Crippen LogP contribution in [0.2, 0.25) is 0 Å². The Labute approximate surface area is 115 Å². The molecule has 1 aromatic heterocycles. The zero-order valence-electron chi connectivity index (χ0n) is 12.1. The van der Waals surface area contributed by atoms with E-state index in [1.807, 2.05) is 18.7 Å². The van der Waals surface area contributed by atoms with E-state index in [-0.39, 0.29) is 0 Å². The molecule has 0 saturated carbocycles. The monoisotopic (exact) mass is 257 g/mol. The van der Waals surface area contributed by atoms with Crippen LogP contribution in [0.4, 0.5) is 0 Å². The number of aromatic nitrogens is 2. The van der Waals surface area contributed by atoms with Gasteiger partial charge in [0.1, 0.15) is 0 Å². The average Bonchev–Trinajstić information content (AvgIpc) is 2.87. The van der Waals surface area contributed by atoms with Crippen LogP contribution in [0, 0.1) is 19.8 Å². The summed E-state index contributed by atoms with van der Waals surface area (Å²) in [4.78, 5) is 4.07. The fraction of sp³-hybridized carbons (Fsp3) is 0.438. The van der Waals surface area contributed by atoms with Crippen LogP contribution < -0.4 is 5.32 Å². The number of aryl methyl sites for hydroxylation is 1. The smallest absolute Gasteiger partial charge is 0.0946 e. The molecule has 0 amide bonds. The van der Waals surface area contributed by atoms with Crippen molar-refractivity contribution in [3.63, 3.8) is 0 Å². The predicted octanol–water partition coefficient (Wildman–Crippen LogP) is 2.93. The van der Waals surface area contributed by atoms with E-state index < -0.39 is 0 Å². The predicted molar refractivity (Wildman–Crippen MR) is 79.0 cm³/mol. The number of hydrogen-bond acceptors (Lipinski definition) is 2. The molecule has 1 unspecified atom stereocenters. The van der Waals surface area contributed by atoms with Gasteiger partial charge in [0.2, 0.25) is 0 Å². The van der Waals surface area contributed by atoms with Crippen molar-refractivity contribution in [3.8, 4) is 0 Å². The molecule has 0 spiro atoms. The van der Waals surface area contributed by atoms with E-state index in [9.17, 15) is 0 Å². The number of rotatable bonds is 6. The molecule has 0 radical (unpaired) electrons. The Kier molecular flexibility index (Phi) is 4.74. The van der Waals surface area contributed by atoms with E-state index in [0.717, 1.165) is 19.6 Å². The Hall–Kier alpha value is -1.61. The van der Waals surface area contributed by atoms with Gasteiger partial charge in [-0.1, -0.05) is 25.1 Å². The summed E-state index contributed by atoms with van der Waals surface area (Å²) >= 11 is 0. The van der Waals surface area contributed by atoms with Crippen molar-refractivity contribution in [2.75, 3.05) is 6.54 Å². The molecule has 1 atom stereocenters. The van der Waals surface area contributed by atoms with E-state index in [0.29, 0.717) is 5.92 Å². The van der Waals surface area contributed by atoms with E-state index in [4.69, 9.17) is 0 Å². The van der Waals surface area contributed by atoms with E-state index in [1.165, 1.54) is 16.7 Å². The number of hydrogen-bond donors (Lipinski definition) is 1. The normalized spacial score (nSPS) is 12.6. The van der Waals surface area contributed by atoms with Crippen LogP contribution in [0.15, 0.2) is 36.9 Å². The summed E-state index contributed by atoms with van der Waals surface area (Å²) in [5.74, 6) is 0.597. The standard InChI is InChI=1S/C16H23N3/c1-13(11-19-8-7-17-12-19)9-18-10-16-6-4-5-14(2)15(16)3/h4-8,12-13,18H,9-11H2,1-3H3.